The molecule has 0 radical (unpaired) electrons. The average molecular weight is 238 g/mol. The van der Waals surface area contributed by atoms with E-state index in [1.165, 1.54) is 0 Å². The Labute approximate surface area is 98.6 Å². The Kier molecular flexibility index (Phi) is 3.39. The number of aliphatic hydroxyl groups excluding tert-OH is 1. The second-order valence-corrected chi connectivity index (χ2v) is 3.93. The highest BCUT2D eigenvalue weighted by molar-refractivity contribution is 6.29. The van der Waals surface area contributed by atoms with E-state index in [0.717, 1.165) is 22.0 Å². The third-order valence-corrected chi connectivity index (χ3v) is 2.60. The molecular formula is C12H12ClNO2. The molecule has 0 fully saturated rings. The van der Waals surface area contributed by atoms with Gasteiger partial charge >= 0.3 is 0 Å². The zero-order valence-electron chi connectivity index (χ0n) is 8.90. The molecule has 0 amide bonds. The fraction of sp³-hybridized carbons (Fsp3) is 0.250. The van der Waals surface area contributed by atoms with Gasteiger partial charge in [0.25, 0.3) is 0 Å². The van der Waals surface area contributed by atoms with E-state index >= 15 is 0 Å². The summed E-state index contributed by atoms with van der Waals surface area (Å²) in [5.41, 5.74) is 2.61. The van der Waals surface area contributed by atoms with Gasteiger partial charge in [-0.15, -0.1) is 0 Å². The van der Waals surface area contributed by atoms with Crippen molar-refractivity contribution in [1.29, 1.82) is 0 Å². The van der Waals surface area contributed by atoms with Crippen LogP contribution < -0.4 is 0 Å². The predicted octanol–water partition coefficient (Wildman–Crippen LogP) is 2.53. The number of aliphatic hydroxyl groups is 1. The van der Waals surface area contributed by atoms with Gasteiger partial charge in [-0.3, -0.25) is 0 Å². The van der Waals surface area contributed by atoms with Crippen molar-refractivity contribution in [2.75, 3.05) is 7.11 Å². The van der Waals surface area contributed by atoms with Gasteiger partial charge in [0.05, 0.1) is 18.7 Å². The molecular weight excluding hydrogens is 226 g/mol. The number of hydrogen-bond acceptors (Lipinski definition) is 3. The summed E-state index contributed by atoms with van der Waals surface area (Å²) in [6.45, 7) is 0.501. The maximum Gasteiger partial charge on any atom is 0.130 e. The highest BCUT2D eigenvalue weighted by Gasteiger charge is 2.05. The van der Waals surface area contributed by atoms with Crippen LogP contribution in [0, 0.1) is 0 Å². The third-order valence-electron chi connectivity index (χ3n) is 2.41. The van der Waals surface area contributed by atoms with Gasteiger partial charge in [0.1, 0.15) is 5.15 Å². The van der Waals surface area contributed by atoms with E-state index in [1.54, 1.807) is 13.2 Å². The highest BCUT2D eigenvalue weighted by atomic mass is 35.5. The number of halogens is 1. The van der Waals surface area contributed by atoms with E-state index < -0.39 is 0 Å². The van der Waals surface area contributed by atoms with Crippen molar-refractivity contribution in [3.63, 3.8) is 0 Å². The van der Waals surface area contributed by atoms with Gasteiger partial charge in [-0.1, -0.05) is 23.7 Å². The molecule has 0 saturated heterocycles. The number of pyridine rings is 1. The molecule has 0 aliphatic carbocycles. The fourth-order valence-electron chi connectivity index (χ4n) is 1.68. The first-order valence-corrected chi connectivity index (χ1v) is 5.30. The number of ether oxygens (including phenoxy) is 1. The monoisotopic (exact) mass is 237 g/mol. The Morgan fingerprint density at radius 3 is 2.88 bits per heavy atom. The van der Waals surface area contributed by atoms with Crippen molar-refractivity contribution >= 4 is 22.5 Å². The minimum Gasteiger partial charge on any atom is -0.392 e. The average Bonchev–Trinajstić information content (AvgIpc) is 2.28. The second-order valence-electron chi connectivity index (χ2n) is 3.55. The Hall–Kier alpha value is -1.16. The van der Waals surface area contributed by atoms with Crippen LogP contribution in [0.15, 0.2) is 24.3 Å². The van der Waals surface area contributed by atoms with Gasteiger partial charge < -0.3 is 9.84 Å². The van der Waals surface area contributed by atoms with E-state index in [9.17, 15) is 0 Å². The molecule has 1 heterocycles. The SMILES string of the molecule is COCc1cc(Cl)nc2cc(CO)ccc12. The quantitative estimate of drug-likeness (QED) is 0.835. The van der Waals surface area contributed by atoms with Gasteiger partial charge in [0.2, 0.25) is 0 Å². The third kappa shape index (κ3) is 2.16. The minimum absolute atomic E-state index is 0.00371. The summed E-state index contributed by atoms with van der Waals surface area (Å²) in [5, 5.41) is 10.5. The first-order valence-electron chi connectivity index (χ1n) is 4.92. The highest BCUT2D eigenvalue weighted by Crippen LogP contribution is 2.22. The molecule has 0 bridgehead atoms. The van der Waals surface area contributed by atoms with Crippen molar-refractivity contribution in [1.82, 2.24) is 4.98 Å². The molecule has 0 spiro atoms. The van der Waals surface area contributed by atoms with E-state index in [2.05, 4.69) is 4.98 Å². The van der Waals surface area contributed by atoms with Crippen molar-refractivity contribution < 1.29 is 9.84 Å². The van der Waals surface area contributed by atoms with Crippen LogP contribution in [-0.2, 0) is 18.0 Å². The lowest BCUT2D eigenvalue weighted by molar-refractivity contribution is 0.186. The molecule has 1 aromatic heterocycles. The number of aromatic nitrogens is 1. The molecule has 2 rings (SSSR count). The first-order chi connectivity index (χ1) is 7.74. The topological polar surface area (TPSA) is 42.4 Å². The van der Waals surface area contributed by atoms with E-state index in [-0.39, 0.29) is 6.61 Å². The molecule has 16 heavy (non-hydrogen) atoms. The lowest BCUT2D eigenvalue weighted by atomic mass is 10.1. The predicted molar refractivity (Wildman–Crippen MR) is 63.4 cm³/mol. The summed E-state index contributed by atoms with van der Waals surface area (Å²) in [7, 11) is 1.64. The Morgan fingerprint density at radius 2 is 2.19 bits per heavy atom. The zero-order chi connectivity index (χ0) is 11.5. The zero-order valence-corrected chi connectivity index (χ0v) is 9.66. The second kappa shape index (κ2) is 4.78. The molecule has 1 aromatic carbocycles. The number of benzene rings is 1. The van der Waals surface area contributed by atoms with Crippen molar-refractivity contribution in [3.05, 3.63) is 40.5 Å². The molecule has 84 valence electrons. The Morgan fingerprint density at radius 1 is 1.38 bits per heavy atom. The molecule has 0 aliphatic heterocycles. The van der Waals surface area contributed by atoms with Crippen LogP contribution in [0.1, 0.15) is 11.1 Å². The lowest BCUT2D eigenvalue weighted by Gasteiger charge is -2.07. The fourth-order valence-corrected chi connectivity index (χ4v) is 1.91. The summed E-state index contributed by atoms with van der Waals surface area (Å²) < 4.78 is 5.11. The molecule has 0 saturated carbocycles. The smallest absolute Gasteiger partial charge is 0.130 e. The van der Waals surface area contributed by atoms with Crippen LogP contribution in [0.2, 0.25) is 5.15 Å². The molecule has 2 aromatic rings. The minimum atomic E-state index is 0.00371. The lowest BCUT2D eigenvalue weighted by Crippen LogP contribution is -1.93. The molecule has 0 unspecified atom stereocenters. The number of methoxy groups -OCH3 is 1. The Balaban J connectivity index is 2.63. The van der Waals surface area contributed by atoms with Crippen LogP contribution in [0.25, 0.3) is 10.9 Å². The van der Waals surface area contributed by atoms with E-state index in [1.807, 2.05) is 18.2 Å². The van der Waals surface area contributed by atoms with Gasteiger partial charge in [-0.25, -0.2) is 4.98 Å². The van der Waals surface area contributed by atoms with Crippen LogP contribution in [0.4, 0.5) is 0 Å². The molecule has 0 atom stereocenters. The summed E-state index contributed by atoms with van der Waals surface area (Å²) in [6, 6.07) is 7.43. The van der Waals surface area contributed by atoms with E-state index in [4.69, 9.17) is 21.4 Å². The number of hydrogen-bond donors (Lipinski definition) is 1. The maximum absolute atomic E-state index is 9.05. The summed E-state index contributed by atoms with van der Waals surface area (Å²) in [4.78, 5) is 4.23. The molecule has 1 N–H and O–H groups in total. The molecule has 3 nitrogen and oxygen atoms in total. The summed E-state index contributed by atoms with van der Waals surface area (Å²) in [5.74, 6) is 0. The summed E-state index contributed by atoms with van der Waals surface area (Å²) >= 11 is 5.93. The van der Waals surface area contributed by atoms with E-state index in [0.29, 0.717) is 11.8 Å². The van der Waals surface area contributed by atoms with Gasteiger partial charge in [-0.2, -0.15) is 0 Å². The van der Waals surface area contributed by atoms with Crippen LogP contribution >= 0.6 is 11.6 Å². The van der Waals surface area contributed by atoms with Crippen molar-refractivity contribution in [3.8, 4) is 0 Å². The number of rotatable bonds is 3. The van der Waals surface area contributed by atoms with Gasteiger partial charge in [-0.05, 0) is 23.3 Å². The number of fused-ring (bicyclic) bond motifs is 1. The van der Waals surface area contributed by atoms with Crippen LogP contribution in [0.3, 0.4) is 0 Å². The Bertz CT molecular complexity index is 514. The standard InChI is InChI=1S/C12H12ClNO2/c1-16-7-9-5-12(13)14-11-4-8(6-15)2-3-10(9)11/h2-5,15H,6-7H2,1H3. The van der Waals surface area contributed by atoms with Gasteiger partial charge in [0, 0.05) is 12.5 Å². The summed E-state index contributed by atoms with van der Waals surface area (Å²) in [6.07, 6.45) is 0. The van der Waals surface area contributed by atoms with Crippen molar-refractivity contribution in [2.45, 2.75) is 13.2 Å². The maximum atomic E-state index is 9.05. The normalized spacial score (nSPS) is 10.9. The first kappa shape index (κ1) is 11.3. The molecule has 0 aliphatic rings. The largest absolute Gasteiger partial charge is 0.392 e. The van der Waals surface area contributed by atoms with Crippen LogP contribution in [0.5, 0.6) is 0 Å². The van der Waals surface area contributed by atoms with Crippen LogP contribution in [-0.4, -0.2) is 17.2 Å². The van der Waals surface area contributed by atoms with Gasteiger partial charge in [0.15, 0.2) is 0 Å². The number of nitrogens with zero attached hydrogens (tertiary/aromatic N) is 1. The molecule has 4 heteroatoms. The van der Waals surface area contributed by atoms with Crippen molar-refractivity contribution in [2.24, 2.45) is 0 Å².